The predicted octanol–water partition coefficient (Wildman–Crippen LogP) is 3.33. The number of cyclic esters (lactones) is 1. The maximum absolute atomic E-state index is 13.3. The Morgan fingerprint density at radius 2 is 1.68 bits per heavy atom. The number of methoxy groups -OCH3 is 2. The Morgan fingerprint density at radius 3 is 2.28 bits per heavy atom. The SMILES string of the molecule is COc1cc(OC)cc(C2=N/C(=C\c3ccc(F)c(F)c3)C(=O)O2)c1. The minimum Gasteiger partial charge on any atom is -0.497 e. The molecule has 3 rings (SSSR count). The molecule has 128 valence electrons. The van der Waals surface area contributed by atoms with E-state index in [9.17, 15) is 13.6 Å². The molecule has 1 aliphatic rings. The summed E-state index contributed by atoms with van der Waals surface area (Å²) in [6.07, 6.45) is 1.31. The quantitative estimate of drug-likeness (QED) is 0.630. The normalized spacial score (nSPS) is 15.1. The van der Waals surface area contributed by atoms with E-state index in [0.29, 0.717) is 22.6 Å². The van der Waals surface area contributed by atoms with Crippen molar-refractivity contribution in [3.63, 3.8) is 0 Å². The van der Waals surface area contributed by atoms with E-state index in [1.807, 2.05) is 0 Å². The van der Waals surface area contributed by atoms with E-state index in [0.717, 1.165) is 12.1 Å². The van der Waals surface area contributed by atoms with Crippen molar-refractivity contribution in [1.29, 1.82) is 0 Å². The lowest BCUT2D eigenvalue weighted by Gasteiger charge is -2.07. The van der Waals surface area contributed by atoms with E-state index in [2.05, 4.69) is 4.99 Å². The molecule has 0 spiro atoms. The van der Waals surface area contributed by atoms with Crippen LogP contribution in [0.15, 0.2) is 47.1 Å². The molecule has 0 N–H and O–H groups in total. The summed E-state index contributed by atoms with van der Waals surface area (Å²) in [6.45, 7) is 0. The fourth-order valence-corrected chi connectivity index (χ4v) is 2.22. The van der Waals surface area contributed by atoms with Crippen molar-refractivity contribution >= 4 is 17.9 Å². The van der Waals surface area contributed by atoms with Gasteiger partial charge in [0, 0.05) is 11.6 Å². The molecule has 2 aromatic carbocycles. The van der Waals surface area contributed by atoms with Gasteiger partial charge in [-0.2, -0.15) is 0 Å². The van der Waals surface area contributed by atoms with Gasteiger partial charge in [-0.1, -0.05) is 6.07 Å². The summed E-state index contributed by atoms with van der Waals surface area (Å²) in [7, 11) is 2.99. The number of aliphatic imine (C=N–C) groups is 1. The second-order valence-electron chi connectivity index (χ2n) is 5.11. The number of hydrogen-bond donors (Lipinski definition) is 0. The summed E-state index contributed by atoms with van der Waals surface area (Å²) in [4.78, 5) is 16.1. The van der Waals surface area contributed by atoms with Crippen LogP contribution in [0.4, 0.5) is 8.78 Å². The van der Waals surface area contributed by atoms with E-state index in [4.69, 9.17) is 14.2 Å². The Labute approximate surface area is 142 Å². The average Bonchev–Trinajstić information content (AvgIpc) is 2.98. The van der Waals surface area contributed by atoms with Gasteiger partial charge in [-0.15, -0.1) is 0 Å². The van der Waals surface area contributed by atoms with Gasteiger partial charge in [0.05, 0.1) is 14.2 Å². The minimum atomic E-state index is -1.01. The topological polar surface area (TPSA) is 57.1 Å². The Morgan fingerprint density at radius 1 is 1.00 bits per heavy atom. The monoisotopic (exact) mass is 345 g/mol. The van der Waals surface area contributed by atoms with Crippen LogP contribution in [0.25, 0.3) is 6.08 Å². The molecule has 0 unspecified atom stereocenters. The summed E-state index contributed by atoms with van der Waals surface area (Å²) < 4.78 is 41.7. The summed E-state index contributed by atoms with van der Waals surface area (Å²) in [5, 5.41) is 0. The van der Waals surface area contributed by atoms with Gasteiger partial charge >= 0.3 is 5.97 Å². The summed E-state index contributed by atoms with van der Waals surface area (Å²) in [6, 6.07) is 8.21. The Kier molecular flexibility index (Phi) is 4.47. The van der Waals surface area contributed by atoms with Gasteiger partial charge in [-0.05, 0) is 35.9 Å². The van der Waals surface area contributed by atoms with E-state index >= 15 is 0 Å². The molecule has 7 heteroatoms. The minimum absolute atomic E-state index is 0.0252. The molecule has 0 radical (unpaired) electrons. The van der Waals surface area contributed by atoms with Gasteiger partial charge < -0.3 is 14.2 Å². The molecule has 5 nitrogen and oxygen atoms in total. The summed E-state index contributed by atoms with van der Waals surface area (Å²) >= 11 is 0. The van der Waals surface area contributed by atoms with Crippen LogP contribution >= 0.6 is 0 Å². The Balaban J connectivity index is 1.97. The molecular formula is C18H13F2NO4. The second kappa shape index (κ2) is 6.72. The zero-order chi connectivity index (χ0) is 18.0. The average molecular weight is 345 g/mol. The van der Waals surface area contributed by atoms with Crippen LogP contribution in [0.3, 0.4) is 0 Å². The van der Waals surface area contributed by atoms with Crippen molar-refractivity contribution in [2.24, 2.45) is 4.99 Å². The van der Waals surface area contributed by atoms with Gasteiger partial charge in [0.1, 0.15) is 11.5 Å². The number of halogens is 2. The van der Waals surface area contributed by atoms with Gasteiger partial charge in [0.25, 0.3) is 0 Å². The molecule has 1 aliphatic heterocycles. The Hall–Kier alpha value is -3.22. The molecule has 2 aromatic rings. The molecule has 0 fully saturated rings. The van der Waals surface area contributed by atoms with Crippen LogP contribution in [-0.2, 0) is 9.53 Å². The van der Waals surface area contributed by atoms with Crippen molar-refractivity contribution in [3.05, 3.63) is 64.9 Å². The van der Waals surface area contributed by atoms with Gasteiger partial charge in [-0.3, -0.25) is 0 Å². The molecule has 0 saturated carbocycles. The third-order valence-corrected chi connectivity index (χ3v) is 3.47. The third-order valence-electron chi connectivity index (χ3n) is 3.47. The van der Waals surface area contributed by atoms with E-state index in [1.54, 1.807) is 18.2 Å². The third kappa shape index (κ3) is 3.50. The lowest BCUT2D eigenvalue weighted by atomic mass is 10.2. The first kappa shape index (κ1) is 16.6. The van der Waals surface area contributed by atoms with Crippen LogP contribution in [0.1, 0.15) is 11.1 Å². The van der Waals surface area contributed by atoms with Crippen LogP contribution in [0.5, 0.6) is 11.5 Å². The molecule has 0 bridgehead atoms. The van der Waals surface area contributed by atoms with Gasteiger partial charge in [-0.25, -0.2) is 18.6 Å². The summed E-state index contributed by atoms with van der Waals surface area (Å²) in [5.41, 5.74) is 0.750. The molecule has 0 atom stereocenters. The highest BCUT2D eigenvalue weighted by atomic mass is 19.2. The highest BCUT2D eigenvalue weighted by Crippen LogP contribution is 2.26. The number of carbonyl (C=O) groups is 1. The first-order chi connectivity index (χ1) is 12.0. The number of ether oxygens (including phenoxy) is 3. The number of benzene rings is 2. The van der Waals surface area contributed by atoms with Gasteiger partial charge in [0.15, 0.2) is 17.3 Å². The zero-order valence-corrected chi connectivity index (χ0v) is 13.4. The van der Waals surface area contributed by atoms with Crippen molar-refractivity contribution in [3.8, 4) is 11.5 Å². The second-order valence-corrected chi connectivity index (χ2v) is 5.11. The van der Waals surface area contributed by atoms with Crippen molar-refractivity contribution in [1.82, 2.24) is 0 Å². The van der Waals surface area contributed by atoms with E-state index < -0.39 is 17.6 Å². The highest BCUT2D eigenvalue weighted by Gasteiger charge is 2.25. The number of hydrogen-bond acceptors (Lipinski definition) is 5. The summed E-state index contributed by atoms with van der Waals surface area (Å²) in [5.74, 6) is -1.60. The van der Waals surface area contributed by atoms with Gasteiger partial charge in [0.2, 0.25) is 5.90 Å². The maximum Gasteiger partial charge on any atom is 0.363 e. The molecular weight excluding hydrogens is 332 g/mol. The Bertz CT molecular complexity index is 884. The van der Waals surface area contributed by atoms with E-state index in [-0.39, 0.29) is 11.6 Å². The van der Waals surface area contributed by atoms with E-state index in [1.165, 1.54) is 26.4 Å². The number of rotatable bonds is 4. The smallest absolute Gasteiger partial charge is 0.363 e. The zero-order valence-electron chi connectivity index (χ0n) is 13.4. The highest BCUT2D eigenvalue weighted by molar-refractivity contribution is 6.13. The molecule has 0 saturated heterocycles. The van der Waals surface area contributed by atoms with Crippen LogP contribution in [0, 0.1) is 11.6 Å². The molecule has 1 heterocycles. The fourth-order valence-electron chi connectivity index (χ4n) is 2.22. The number of carbonyl (C=O) groups excluding carboxylic acids is 1. The van der Waals surface area contributed by atoms with Crippen LogP contribution < -0.4 is 9.47 Å². The maximum atomic E-state index is 13.3. The van der Waals surface area contributed by atoms with Crippen LogP contribution in [-0.4, -0.2) is 26.1 Å². The fraction of sp³-hybridized carbons (Fsp3) is 0.111. The van der Waals surface area contributed by atoms with Crippen LogP contribution in [0.2, 0.25) is 0 Å². The van der Waals surface area contributed by atoms with Crippen molar-refractivity contribution in [2.75, 3.05) is 14.2 Å². The molecule has 0 amide bonds. The first-order valence-corrected chi connectivity index (χ1v) is 7.21. The lowest BCUT2D eigenvalue weighted by molar-refractivity contribution is -0.129. The van der Waals surface area contributed by atoms with Crippen molar-refractivity contribution in [2.45, 2.75) is 0 Å². The predicted molar refractivity (Wildman–Crippen MR) is 86.5 cm³/mol. The largest absolute Gasteiger partial charge is 0.497 e. The number of esters is 1. The molecule has 0 aromatic heterocycles. The standard InChI is InChI=1S/C18H13F2NO4/c1-23-12-7-11(8-13(9-12)24-2)17-21-16(18(22)25-17)6-10-3-4-14(19)15(20)5-10/h3-9H,1-2H3/b16-6-. The molecule has 25 heavy (non-hydrogen) atoms. The lowest BCUT2D eigenvalue weighted by Crippen LogP contribution is -2.06. The molecule has 0 aliphatic carbocycles. The van der Waals surface area contributed by atoms with Crippen molar-refractivity contribution < 1.29 is 27.8 Å². The number of nitrogens with zero attached hydrogens (tertiary/aromatic N) is 1. The first-order valence-electron chi connectivity index (χ1n) is 7.21.